The average molecular weight is 407 g/mol. The molecule has 0 spiro atoms. The lowest BCUT2D eigenvalue weighted by Crippen LogP contribution is -2.45. The average Bonchev–Trinajstić information content (AvgIpc) is 2.54. The topological polar surface area (TPSA) is 185 Å². The number of hydrogen-bond acceptors (Lipinski definition) is 9. The minimum Gasteiger partial charge on any atom is -0.480 e. The van der Waals surface area contributed by atoms with Gasteiger partial charge in [-0.1, -0.05) is 0 Å². The summed E-state index contributed by atoms with van der Waals surface area (Å²) >= 11 is 0. The molecule has 13 nitrogen and oxygen atoms in total. The molecular formula is C15H25N3O10. The molecule has 0 aliphatic heterocycles. The Hall–Kier alpha value is -2.77. The Morgan fingerprint density at radius 2 is 0.857 bits per heavy atom. The first-order valence-electron chi connectivity index (χ1n) is 8.14. The second-order valence-electron chi connectivity index (χ2n) is 5.85. The summed E-state index contributed by atoms with van der Waals surface area (Å²) in [6.07, 6.45) is 0. The summed E-state index contributed by atoms with van der Waals surface area (Å²) in [4.78, 5) is 58.7. The first kappa shape index (κ1) is 25.2. The summed E-state index contributed by atoms with van der Waals surface area (Å²) in [6, 6.07) is 0. The number of ether oxygens (including phenoxy) is 1. The first-order valence-corrected chi connectivity index (χ1v) is 8.14. The number of carbonyl (C=O) groups excluding carboxylic acids is 1. The van der Waals surface area contributed by atoms with E-state index >= 15 is 0 Å². The first-order chi connectivity index (χ1) is 13.0. The maximum absolute atomic E-state index is 11.4. The van der Waals surface area contributed by atoms with E-state index in [0.717, 1.165) is 12.0 Å². The predicted molar refractivity (Wildman–Crippen MR) is 91.9 cm³/mol. The number of nitrogens with zero attached hydrogens (tertiary/aromatic N) is 3. The molecule has 0 atom stereocenters. The van der Waals surface area contributed by atoms with Crippen molar-refractivity contribution >= 4 is 29.8 Å². The van der Waals surface area contributed by atoms with Gasteiger partial charge in [0.15, 0.2) is 0 Å². The van der Waals surface area contributed by atoms with Gasteiger partial charge in [0, 0.05) is 26.2 Å². The molecule has 0 aliphatic rings. The van der Waals surface area contributed by atoms with Gasteiger partial charge in [0.25, 0.3) is 0 Å². The number of rotatable bonds is 16. The van der Waals surface area contributed by atoms with Gasteiger partial charge < -0.3 is 25.2 Å². The van der Waals surface area contributed by atoms with Gasteiger partial charge in [0.1, 0.15) is 0 Å². The van der Waals surface area contributed by atoms with E-state index in [1.807, 2.05) is 0 Å². The summed E-state index contributed by atoms with van der Waals surface area (Å²) in [7, 11) is 1.15. The van der Waals surface area contributed by atoms with E-state index in [2.05, 4.69) is 4.74 Å². The lowest BCUT2D eigenvalue weighted by atomic mass is 10.3. The minimum atomic E-state index is -1.23. The highest BCUT2D eigenvalue weighted by molar-refractivity contribution is 5.74. The third-order valence-electron chi connectivity index (χ3n) is 3.48. The molecule has 0 aromatic rings. The molecule has 4 N–H and O–H groups in total. The fourth-order valence-electron chi connectivity index (χ4n) is 2.28. The Morgan fingerprint density at radius 1 is 0.571 bits per heavy atom. The summed E-state index contributed by atoms with van der Waals surface area (Å²) in [5, 5.41) is 35.6. The third kappa shape index (κ3) is 13.4. The summed E-state index contributed by atoms with van der Waals surface area (Å²) in [5.41, 5.74) is 0. The zero-order valence-electron chi connectivity index (χ0n) is 15.4. The second kappa shape index (κ2) is 13.4. The summed E-state index contributed by atoms with van der Waals surface area (Å²) in [5.74, 6) is -5.45. The van der Waals surface area contributed by atoms with Crippen LogP contribution in [0.5, 0.6) is 0 Å². The molecule has 13 heteroatoms. The van der Waals surface area contributed by atoms with Crippen molar-refractivity contribution in [1.82, 2.24) is 14.7 Å². The molecule has 0 aromatic heterocycles. The van der Waals surface area contributed by atoms with Crippen molar-refractivity contribution in [3.8, 4) is 0 Å². The van der Waals surface area contributed by atoms with Crippen LogP contribution in [-0.2, 0) is 28.7 Å². The number of carboxylic acids is 4. The van der Waals surface area contributed by atoms with Crippen LogP contribution >= 0.6 is 0 Å². The summed E-state index contributed by atoms with van der Waals surface area (Å²) in [6.45, 7) is -2.13. The normalized spacial score (nSPS) is 11.0. The van der Waals surface area contributed by atoms with Crippen LogP contribution in [0.4, 0.5) is 0 Å². The number of carboxylic acid groups (broad SMARTS) is 4. The van der Waals surface area contributed by atoms with Crippen molar-refractivity contribution in [2.75, 3.05) is 66.0 Å². The zero-order valence-corrected chi connectivity index (χ0v) is 15.4. The van der Waals surface area contributed by atoms with Crippen molar-refractivity contribution in [3.05, 3.63) is 0 Å². The number of hydrogen-bond donors (Lipinski definition) is 4. The van der Waals surface area contributed by atoms with Crippen LogP contribution in [0.1, 0.15) is 0 Å². The van der Waals surface area contributed by atoms with E-state index in [9.17, 15) is 24.0 Å². The molecule has 0 rings (SSSR count). The molecule has 0 saturated carbocycles. The molecule has 0 heterocycles. The molecule has 28 heavy (non-hydrogen) atoms. The van der Waals surface area contributed by atoms with Crippen LogP contribution in [0.25, 0.3) is 0 Å². The van der Waals surface area contributed by atoms with Crippen LogP contribution in [0, 0.1) is 0 Å². The van der Waals surface area contributed by atoms with Crippen molar-refractivity contribution in [1.29, 1.82) is 0 Å². The fraction of sp³-hybridized carbons (Fsp3) is 0.667. The Labute approximate surface area is 160 Å². The van der Waals surface area contributed by atoms with Crippen molar-refractivity contribution < 1.29 is 49.1 Å². The minimum absolute atomic E-state index is 0.0260. The van der Waals surface area contributed by atoms with E-state index in [-0.39, 0.29) is 32.7 Å². The fourth-order valence-corrected chi connectivity index (χ4v) is 2.28. The van der Waals surface area contributed by atoms with Crippen LogP contribution in [0.2, 0.25) is 0 Å². The van der Waals surface area contributed by atoms with Crippen LogP contribution < -0.4 is 0 Å². The van der Waals surface area contributed by atoms with E-state index in [4.69, 9.17) is 20.4 Å². The SMILES string of the molecule is COC(=O)CN(CCN(CCN(CC(=O)O)CC(=O)O)CC(=O)O)CC(=O)O. The smallest absolute Gasteiger partial charge is 0.319 e. The van der Waals surface area contributed by atoms with Gasteiger partial charge in [-0.2, -0.15) is 0 Å². The Kier molecular flexibility index (Phi) is 12.1. The Balaban J connectivity index is 4.90. The Bertz CT molecular complexity index is 552. The highest BCUT2D eigenvalue weighted by atomic mass is 16.5. The third-order valence-corrected chi connectivity index (χ3v) is 3.48. The van der Waals surface area contributed by atoms with Gasteiger partial charge in [-0.15, -0.1) is 0 Å². The number of carbonyl (C=O) groups is 5. The van der Waals surface area contributed by atoms with E-state index in [1.54, 1.807) is 0 Å². The molecule has 0 radical (unpaired) electrons. The Morgan fingerprint density at radius 3 is 1.18 bits per heavy atom. The molecule has 0 amide bonds. The monoisotopic (exact) mass is 407 g/mol. The second-order valence-corrected chi connectivity index (χ2v) is 5.85. The molecule has 0 aliphatic carbocycles. The molecular weight excluding hydrogens is 382 g/mol. The van der Waals surface area contributed by atoms with Crippen molar-refractivity contribution in [3.63, 3.8) is 0 Å². The molecule has 160 valence electrons. The molecule has 0 aromatic carbocycles. The van der Waals surface area contributed by atoms with Gasteiger partial charge in [0.2, 0.25) is 0 Å². The number of methoxy groups -OCH3 is 1. The molecule has 0 unspecified atom stereocenters. The highest BCUT2D eigenvalue weighted by Crippen LogP contribution is 1.97. The number of esters is 1. The van der Waals surface area contributed by atoms with Gasteiger partial charge in [-0.3, -0.25) is 38.7 Å². The highest BCUT2D eigenvalue weighted by Gasteiger charge is 2.19. The van der Waals surface area contributed by atoms with E-state index in [0.29, 0.717) is 0 Å². The van der Waals surface area contributed by atoms with Crippen LogP contribution in [0.3, 0.4) is 0 Å². The van der Waals surface area contributed by atoms with Crippen LogP contribution in [0.15, 0.2) is 0 Å². The standard InChI is InChI=1S/C15H25N3O10/c1-28-15(27)10-18(9-14(25)26)5-3-16(6-11(19)20)2-4-17(7-12(21)22)8-13(23)24/h2-10H2,1H3,(H,19,20)(H,21,22)(H,23,24)(H,25,26). The predicted octanol–water partition coefficient (Wildman–Crippen LogP) is -2.60. The van der Waals surface area contributed by atoms with Crippen molar-refractivity contribution in [2.45, 2.75) is 0 Å². The van der Waals surface area contributed by atoms with E-state index in [1.165, 1.54) is 9.80 Å². The molecule has 0 bridgehead atoms. The van der Waals surface area contributed by atoms with Gasteiger partial charge >= 0.3 is 29.8 Å². The van der Waals surface area contributed by atoms with Gasteiger partial charge in [-0.05, 0) is 0 Å². The lowest BCUT2D eigenvalue weighted by molar-refractivity contribution is -0.145. The maximum Gasteiger partial charge on any atom is 0.319 e. The lowest BCUT2D eigenvalue weighted by Gasteiger charge is -2.27. The number of aliphatic carboxylic acids is 4. The van der Waals surface area contributed by atoms with Gasteiger partial charge in [0.05, 0.1) is 39.8 Å². The quantitative estimate of drug-likeness (QED) is 0.195. The van der Waals surface area contributed by atoms with E-state index < -0.39 is 56.0 Å². The zero-order chi connectivity index (χ0) is 21.7. The van der Waals surface area contributed by atoms with Crippen LogP contribution in [-0.4, -0.2) is 131 Å². The summed E-state index contributed by atoms with van der Waals surface area (Å²) < 4.78 is 4.49. The molecule has 0 saturated heterocycles. The molecule has 0 fully saturated rings. The largest absolute Gasteiger partial charge is 0.480 e. The maximum atomic E-state index is 11.4. The van der Waals surface area contributed by atoms with Gasteiger partial charge in [-0.25, -0.2) is 0 Å². The van der Waals surface area contributed by atoms with Crippen molar-refractivity contribution in [2.24, 2.45) is 0 Å².